The maximum absolute atomic E-state index is 12.9. The molecule has 1 aromatic rings. The van der Waals surface area contributed by atoms with Crippen LogP contribution in [-0.2, 0) is 54.3 Å². The van der Waals surface area contributed by atoms with Crippen LogP contribution in [0.1, 0.15) is 39.7 Å². The smallest absolute Gasteiger partial charge is 0.302 e. The Hall–Kier alpha value is -4.14. The average molecular weight is 619 g/mol. The van der Waals surface area contributed by atoms with Gasteiger partial charge in [0.05, 0.1) is 46.2 Å². The maximum Gasteiger partial charge on any atom is 0.302 e. The topological polar surface area (TPSA) is 179 Å². The third-order valence-corrected chi connectivity index (χ3v) is 6.26. The lowest BCUT2D eigenvalue weighted by molar-refractivity contribution is -0.142. The van der Waals surface area contributed by atoms with Gasteiger partial charge >= 0.3 is 5.97 Å². The third-order valence-electron chi connectivity index (χ3n) is 6.26. The minimum absolute atomic E-state index is 0.0336. The molecule has 2 atom stereocenters. The first-order chi connectivity index (χ1) is 21.0. The number of nitrogens with zero attached hydrogens (tertiary/aromatic N) is 1. The molecule has 0 bridgehead atoms. The number of esters is 1. The molecule has 14 heteroatoms. The molecular formula is C30H42N4O10. The Morgan fingerprint density at radius 2 is 1.34 bits per heavy atom. The SMILES string of the molecule is CC(=O)OCc1ccc(NC(=O)[C@H](C)NC(=O)[C@@H](NC(=O)CCOCCOCCOCCN2C(=O)C=CC2=O)C(C)C)cc1. The highest BCUT2D eigenvalue weighted by atomic mass is 16.5. The highest BCUT2D eigenvalue weighted by molar-refractivity contribution is 6.12. The summed E-state index contributed by atoms with van der Waals surface area (Å²) in [5.41, 5.74) is 1.28. The minimum Gasteiger partial charge on any atom is -0.461 e. The van der Waals surface area contributed by atoms with Crippen LogP contribution in [0.5, 0.6) is 0 Å². The first-order valence-electron chi connectivity index (χ1n) is 14.4. The third kappa shape index (κ3) is 13.4. The molecule has 0 unspecified atom stereocenters. The number of nitrogens with one attached hydrogen (secondary N) is 3. The second-order valence-corrected chi connectivity index (χ2v) is 10.2. The molecule has 0 fully saturated rings. The molecule has 0 saturated carbocycles. The van der Waals surface area contributed by atoms with Gasteiger partial charge in [-0.05, 0) is 30.5 Å². The lowest BCUT2D eigenvalue weighted by Gasteiger charge is -2.24. The summed E-state index contributed by atoms with van der Waals surface area (Å²) < 4.78 is 21.1. The molecule has 3 N–H and O–H groups in total. The average Bonchev–Trinajstić information content (AvgIpc) is 3.30. The Balaban J connectivity index is 1.58. The first-order valence-corrected chi connectivity index (χ1v) is 14.4. The Bertz CT molecular complexity index is 1150. The number of hydrogen-bond acceptors (Lipinski definition) is 10. The van der Waals surface area contributed by atoms with Crippen LogP contribution < -0.4 is 16.0 Å². The van der Waals surface area contributed by atoms with Gasteiger partial charge in [-0.1, -0.05) is 26.0 Å². The summed E-state index contributed by atoms with van der Waals surface area (Å²) in [4.78, 5) is 72.8. The van der Waals surface area contributed by atoms with E-state index in [0.717, 1.165) is 10.5 Å². The molecule has 0 aliphatic carbocycles. The van der Waals surface area contributed by atoms with E-state index in [2.05, 4.69) is 16.0 Å². The van der Waals surface area contributed by atoms with E-state index in [0.29, 0.717) is 12.3 Å². The van der Waals surface area contributed by atoms with E-state index in [9.17, 15) is 28.8 Å². The van der Waals surface area contributed by atoms with Gasteiger partial charge in [-0.2, -0.15) is 0 Å². The van der Waals surface area contributed by atoms with Crippen molar-refractivity contribution in [3.8, 4) is 0 Å². The van der Waals surface area contributed by atoms with Crippen LogP contribution in [0, 0.1) is 5.92 Å². The van der Waals surface area contributed by atoms with Crippen LogP contribution in [0.3, 0.4) is 0 Å². The maximum atomic E-state index is 12.9. The van der Waals surface area contributed by atoms with E-state index in [4.69, 9.17) is 18.9 Å². The number of anilines is 1. The number of carbonyl (C=O) groups is 6. The zero-order valence-electron chi connectivity index (χ0n) is 25.6. The lowest BCUT2D eigenvalue weighted by atomic mass is 10.0. The predicted molar refractivity (Wildman–Crippen MR) is 158 cm³/mol. The predicted octanol–water partition coefficient (Wildman–Crippen LogP) is 0.699. The van der Waals surface area contributed by atoms with Gasteiger partial charge in [0.1, 0.15) is 18.7 Å². The van der Waals surface area contributed by atoms with Gasteiger partial charge in [-0.3, -0.25) is 33.7 Å². The van der Waals surface area contributed by atoms with E-state index in [1.165, 1.54) is 19.1 Å². The van der Waals surface area contributed by atoms with Gasteiger partial charge in [-0.25, -0.2) is 0 Å². The fourth-order valence-corrected chi connectivity index (χ4v) is 3.78. The van der Waals surface area contributed by atoms with Crippen LogP contribution >= 0.6 is 0 Å². The van der Waals surface area contributed by atoms with Crippen LogP contribution in [-0.4, -0.2) is 98.7 Å². The van der Waals surface area contributed by atoms with Gasteiger partial charge in [0.2, 0.25) is 17.7 Å². The molecule has 44 heavy (non-hydrogen) atoms. The summed E-state index contributed by atoms with van der Waals surface area (Å²) in [6.07, 6.45) is 2.48. The summed E-state index contributed by atoms with van der Waals surface area (Å²) >= 11 is 0. The van der Waals surface area contributed by atoms with Crippen molar-refractivity contribution in [1.82, 2.24) is 15.5 Å². The highest BCUT2D eigenvalue weighted by Crippen LogP contribution is 2.11. The monoisotopic (exact) mass is 618 g/mol. The van der Waals surface area contributed by atoms with Gasteiger partial charge in [0.15, 0.2) is 0 Å². The Morgan fingerprint density at radius 3 is 1.91 bits per heavy atom. The quantitative estimate of drug-likeness (QED) is 0.107. The molecule has 2 rings (SSSR count). The Labute approximate surface area is 256 Å². The molecule has 5 amide bonds. The minimum atomic E-state index is -0.870. The molecule has 0 radical (unpaired) electrons. The number of rotatable bonds is 20. The molecule has 1 aliphatic rings. The summed E-state index contributed by atoms with van der Waals surface area (Å²) in [6.45, 7) is 8.22. The first kappa shape index (κ1) is 36.1. The largest absolute Gasteiger partial charge is 0.461 e. The second kappa shape index (κ2) is 19.2. The summed E-state index contributed by atoms with van der Waals surface area (Å²) in [5.74, 6) is -2.61. The van der Waals surface area contributed by atoms with Gasteiger partial charge < -0.3 is 34.9 Å². The van der Waals surface area contributed by atoms with E-state index in [-0.39, 0.29) is 82.2 Å². The zero-order chi connectivity index (χ0) is 32.5. The number of amides is 5. The number of ether oxygens (including phenoxy) is 4. The van der Waals surface area contributed by atoms with Crippen LogP contribution in [0.25, 0.3) is 0 Å². The van der Waals surface area contributed by atoms with E-state index in [1.54, 1.807) is 45.0 Å². The lowest BCUT2D eigenvalue weighted by Crippen LogP contribution is -2.53. The number of carbonyl (C=O) groups excluding carboxylic acids is 6. The van der Waals surface area contributed by atoms with E-state index < -0.39 is 23.9 Å². The van der Waals surface area contributed by atoms with E-state index in [1.807, 2.05) is 0 Å². The van der Waals surface area contributed by atoms with Crippen LogP contribution in [0.15, 0.2) is 36.4 Å². The molecule has 242 valence electrons. The molecule has 1 aromatic carbocycles. The molecule has 14 nitrogen and oxygen atoms in total. The van der Waals surface area contributed by atoms with Crippen molar-refractivity contribution in [1.29, 1.82) is 0 Å². The zero-order valence-corrected chi connectivity index (χ0v) is 25.6. The molecule has 1 heterocycles. The molecular weight excluding hydrogens is 576 g/mol. The van der Waals surface area contributed by atoms with Crippen molar-refractivity contribution < 1.29 is 47.7 Å². The van der Waals surface area contributed by atoms with Crippen molar-refractivity contribution in [3.05, 3.63) is 42.0 Å². The molecule has 0 spiro atoms. The van der Waals surface area contributed by atoms with Crippen LogP contribution in [0.2, 0.25) is 0 Å². The Kier molecular flexibility index (Phi) is 15.7. The number of imide groups is 1. The van der Waals surface area contributed by atoms with Crippen LogP contribution in [0.4, 0.5) is 5.69 Å². The number of hydrogen-bond donors (Lipinski definition) is 3. The van der Waals surface area contributed by atoms with Gasteiger partial charge in [0, 0.05) is 31.2 Å². The van der Waals surface area contributed by atoms with Gasteiger partial charge in [-0.15, -0.1) is 0 Å². The fourth-order valence-electron chi connectivity index (χ4n) is 3.78. The standard InChI is InChI=1S/C30H42N4O10/c1-20(2)28(30(40)31-21(3)29(39)32-24-7-5-23(6-8-24)19-44-22(4)35)33-25(36)11-13-41-15-17-43-18-16-42-14-12-34-26(37)9-10-27(34)38/h5-10,20-21,28H,11-19H2,1-4H3,(H,31,40)(H,32,39)(H,33,36)/t21-,28-/m0/s1. The number of benzene rings is 1. The van der Waals surface area contributed by atoms with Crippen molar-refractivity contribution in [3.63, 3.8) is 0 Å². The molecule has 0 aromatic heterocycles. The fraction of sp³-hybridized carbons (Fsp3) is 0.533. The van der Waals surface area contributed by atoms with Crippen molar-refractivity contribution in [2.75, 3.05) is 51.5 Å². The normalized spacial score (nSPS) is 14.0. The second-order valence-electron chi connectivity index (χ2n) is 10.2. The van der Waals surface area contributed by atoms with Gasteiger partial charge in [0.25, 0.3) is 11.8 Å². The van der Waals surface area contributed by atoms with Crippen molar-refractivity contribution in [2.24, 2.45) is 5.92 Å². The molecule has 0 saturated heterocycles. The Morgan fingerprint density at radius 1 is 0.773 bits per heavy atom. The summed E-state index contributed by atoms with van der Waals surface area (Å²) in [7, 11) is 0. The van der Waals surface area contributed by atoms with Crippen molar-refractivity contribution in [2.45, 2.75) is 52.8 Å². The molecule has 1 aliphatic heterocycles. The summed E-state index contributed by atoms with van der Waals surface area (Å²) in [6, 6.07) is 5.04. The van der Waals surface area contributed by atoms with E-state index >= 15 is 0 Å². The highest BCUT2D eigenvalue weighted by Gasteiger charge is 2.27. The summed E-state index contributed by atoms with van der Waals surface area (Å²) in [5, 5.41) is 8.05. The van der Waals surface area contributed by atoms with Crippen molar-refractivity contribution >= 4 is 41.2 Å².